The molecule has 0 atom stereocenters. The smallest absolute Gasteiger partial charge is 0.244 e. The number of hydrogen-bond donors (Lipinski definition) is 1. The lowest BCUT2D eigenvalue weighted by Gasteiger charge is -2.05. The summed E-state index contributed by atoms with van der Waals surface area (Å²) in [5, 5.41) is 14.7. The molecule has 1 heterocycles. The number of carbonyl (C=O) groups excluding carboxylic acids is 1. The maximum atomic E-state index is 11.3. The van der Waals surface area contributed by atoms with E-state index in [-0.39, 0.29) is 12.5 Å². The molecular weight excluding hydrogens is 266 g/mol. The third-order valence-corrected chi connectivity index (χ3v) is 2.60. The summed E-state index contributed by atoms with van der Waals surface area (Å²) in [5.41, 5.74) is 0.782. The van der Waals surface area contributed by atoms with Crippen molar-refractivity contribution < 1.29 is 4.79 Å². The van der Waals surface area contributed by atoms with Crippen LogP contribution in [0.3, 0.4) is 0 Å². The fraction of sp³-hybridized carbons (Fsp3) is 0.167. The van der Waals surface area contributed by atoms with Crippen LogP contribution in [0.1, 0.15) is 12.7 Å². The molecular formula is C12H12ClN5O. The molecule has 2 aromatic rings. The first-order chi connectivity index (χ1) is 9.20. The topological polar surface area (TPSA) is 72.7 Å². The Bertz CT molecular complexity index is 590. The van der Waals surface area contributed by atoms with Crippen molar-refractivity contribution in [1.29, 1.82) is 0 Å². The van der Waals surface area contributed by atoms with Gasteiger partial charge in [-0.1, -0.05) is 17.7 Å². The zero-order chi connectivity index (χ0) is 13.7. The first-order valence-electron chi connectivity index (χ1n) is 5.64. The summed E-state index contributed by atoms with van der Waals surface area (Å²) in [6, 6.07) is 7.10. The lowest BCUT2D eigenvalue weighted by molar-refractivity contribution is -0.116. The molecule has 7 heteroatoms. The van der Waals surface area contributed by atoms with Crippen molar-refractivity contribution in [3.8, 4) is 5.69 Å². The van der Waals surface area contributed by atoms with Crippen molar-refractivity contribution >= 4 is 17.5 Å². The fourth-order valence-corrected chi connectivity index (χ4v) is 1.60. The number of carbonyl (C=O) groups is 1. The zero-order valence-electron chi connectivity index (χ0n) is 10.2. The predicted molar refractivity (Wildman–Crippen MR) is 70.8 cm³/mol. The number of aromatic nitrogens is 4. The van der Waals surface area contributed by atoms with E-state index in [0.717, 1.165) is 5.69 Å². The maximum absolute atomic E-state index is 11.3. The van der Waals surface area contributed by atoms with Gasteiger partial charge in [-0.25, -0.2) is 0 Å². The van der Waals surface area contributed by atoms with Crippen molar-refractivity contribution in [1.82, 2.24) is 25.5 Å². The van der Waals surface area contributed by atoms with E-state index in [1.54, 1.807) is 41.9 Å². The number of amides is 1. The van der Waals surface area contributed by atoms with Gasteiger partial charge >= 0.3 is 0 Å². The Kier molecular flexibility index (Phi) is 4.25. The lowest BCUT2D eigenvalue weighted by Crippen LogP contribution is -2.22. The molecule has 0 aliphatic heterocycles. The van der Waals surface area contributed by atoms with Gasteiger partial charge in [-0.05, 0) is 47.7 Å². The van der Waals surface area contributed by atoms with Gasteiger partial charge in [0, 0.05) is 5.02 Å². The van der Waals surface area contributed by atoms with Crippen LogP contribution in [0.4, 0.5) is 0 Å². The van der Waals surface area contributed by atoms with Crippen LogP contribution >= 0.6 is 11.6 Å². The normalized spacial score (nSPS) is 10.8. The number of nitrogens with one attached hydrogen (secondary N) is 1. The van der Waals surface area contributed by atoms with Crippen molar-refractivity contribution in [2.75, 3.05) is 0 Å². The minimum Gasteiger partial charge on any atom is -0.345 e. The van der Waals surface area contributed by atoms with Crippen LogP contribution in [0.25, 0.3) is 5.69 Å². The summed E-state index contributed by atoms with van der Waals surface area (Å²) >= 11 is 5.82. The summed E-state index contributed by atoms with van der Waals surface area (Å²) in [4.78, 5) is 11.3. The average molecular weight is 278 g/mol. The number of tetrazole rings is 1. The van der Waals surface area contributed by atoms with Crippen LogP contribution in [0, 0.1) is 0 Å². The van der Waals surface area contributed by atoms with Crippen LogP contribution in [0.15, 0.2) is 36.4 Å². The highest BCUT2D eigenvalue weighted by Gasteiger charge is 2.08. The standard InChI is InChI=1S/C12H12ClN5O/c1-2-3-12(19)14-8-11-15-16-17-18(11)10-6-4-9(13)5-7-10/h2-7H,8H2,1H3,(H,14,19)/b3-2-. The Labute approximate surface area is 115 Å². The highest BCUT2D eigenvalue weighted by Crippen LogP contribution is 2.13. The second kappa shape index (κ2) is 6.10. The van der Waals surface area contributed by atoms with Gasteiger partial charge in [0.1, 0.15) is 0 Å². The quantitative estimate of drug-likeness (QED) is 0.860. The highest BCUT2D eigenvalue weighted by atomic mass is 35.5. The van der Waals surface area contributed by atoms with E-state index in [1.165, 1.54) is 6.08 Å². The third kappa shape index (κ3) is 3.38. The van der Waals surface area contributed by atoms with Gasteiger partial charge in [0.15, 0.2) is 5.82 Å². The number of hydrogen-bond acceptors (Lipinski definition) is 4. The summed E-state index contributed by atoms with van der Waals surface area (Å²) in [6.07, 6.45) is 3.11. The van der Waals surface area contributed by atoms with Crippen LogP contribution in [-0.4, -0.2) is 26.1 Å². The van der Waals surface area contributed by atoms with E-state index in [0.29, 0.717) is 10.8 Å². The van der Waals surface area contributed by atoms with Crippen LogP contribution in [0.5, 0.6) is 0 Å². The Balaban J connectivity index is 2.13. The average Bonchev–Trinajstić information content (AvgIpc) is 2.86. The van der Waals surface area contributed by atoms with Gasteiger partial charge in [0.25, 0.3) is 0 Å². The molecule has 1 amide bonds. The summed E-state index contributed by atoms with van der Waals surface area (Å²) in [5.74, 6) is 0.355. The summed E-state index contributed by atoms with van der Waals surface area (Å²) in [7, 11) is 0. The first kappa shape index (κ1) is 13.2. The summed E-state index contributed by atoms with van der Waals surface area (Å²) in [6.45, 7) is 2.02. The second-order valence-corrected chi connectivity index (χ2v) is 4.14. The van der Waals surface area contributed by atoms with E-state index in [2.05, 4.69) is 20.8 Å². The van der Waals surface area contributed by atoms with Crippen molar-refractivity contribution in [3.63, 3.8) is 0 Å². The molecule has 0 bridgehead atoms. The Morgan fingerprint density at radius 1 is 1.42 bits per heavy atom. The van der Waals surface area contributed by atoms with E-state index < -0.39 is 0 Å². The van der Waals surface area contributed by atoms with Crippen molar-refractivity contribution in [2.45, 2.75) is 13.5 Å². The van der Waals surface area contributed by atoms with Crippen molar-refractivity contribution in [2.24, 2.45) is 0 Å². The minimum atomic E-state index is -0.187. The van der Waals surface area contributed by atoms with Gasteiger partial charge in [-0.2, -0.15) is 4.68 Å². The van der Waals surface area contributed by atoms with Gasteiger partial charge in [0.2, 0.25) is 5.91 Å². The van der Waals surface area contributed by atoms with E-state index in [4.69, 9.17) is 11.6 Å². The maximum Gasteiger partial charge on any atom is 0.244 e. The fourth-order valence-electron chi connectivity index (χ4n) is 1.48. The minimum absolute atomic E-state index is 0.187. The molecule has 19 heavy (non-hydrogen) atoms. The SMILES string of the molecule is C/C=C\C(=O)NCc1nnnn1-c1ccc(Cl)cc1. The number of halogens is 1. The van der Waals surface area contributed by atoms with E-state index in [1.807, 2.05) is 0 Å². The first-order valence-corrected chi connectivity index (χ1v) is 6.02. The van der Waals surface area contributed by atoms with Crippen LogP contribution in [0.2, 0.25) is 5.02 Å². The molecule has 0 aliphatic carbocycles. The molecule has 0 saturated carbocycles. The molecule has 1 aromatic heterocycles. The lowest BCUT2D eigenvalue weighted by atomic mass is 10.3. The summed E-state index contributed by atoms with van der Waals surface area (Å²) < 4.78 is 1.55. The Morgan fingerprint density at radius 2 is 2.16 bits per heavy atom. The number of nitrogens with zero attached hydrogens (tertiary/aromatic N) is 4. The molecule has 0 radical (unpaired) electrons. The molecule has 0 spiro atoms. The van der Waals surface area contributed by atoms with Crippen molar-refractivity contribution in [3.05, 3.63) is 47.3 Å². The molecule has 0 fully saturated rings. The van der Waals surface area contributed by atoms with Gasteiger partial charge < -0.3 is 5.32 Å². The molecule has 0 unspecified atom stereocenters. The molecule has 6 nitrogen and oxygen atoms in total. The molecule has 0 aliphatic rings. The molecule has 2 rings (SSSR count). The Hall–Kier alpha value is -2.21. The monoisotopic (exact) mass is 277 g/mol. The molecule has 0 saturated heterocycles. The predicted octanol–water partition coefficient (Wildman–Crippen LogP) is 1.51. The molecule has 1 N–H and O–H groups in total. The van der Waals surface area contributed by atoms with Crippen LogP contribution < -0.4 is 5.32 Å². The molecule has 1 aromatic carbocycles. The third-order valence-electron chi connectivity index (χ3n) is 2.34. The van der Waals surface area contributed by atoms with E-state index in [9.17, 15) is 4.79 Å². The second-order valence-electron chi connectivity index (χ2n) is 3.70. The zero-order valence-corrected chi connectivity index (χ0v) is 11.0. The van der Waals surface area contributed by atoms with E-state index >= 15 is 0 Å². The van der Waals surface area contributed by atoms with Gasteiger partial charge in [0.05, 0.1) is 12.2 Å². The number of rotatable bonds is 4. The number of benzene rings is 1. The molecule has 98 valence electrons. The highest BCUT2D eigenvalue weighted by molar-refractivity contribution is 6.30. The van der Waals surface area contributed by atoms with Gasteiger partial charge in [-0.15, -0.1) is 5.10 Å². The largest absolute Gasteiger partial charge is 0.345 e. The van der Waals surface area contributed by atoms with Gasteiger partial charge in [-0.3, -0.25) is 4.79 Å². The number of allylic oxidation sites excluding steroid dienone is 1. The van der Waals surface area contributed by atoms with Crippen LogP contribution in [-0.2, 0) is 11.3 Å². The Morgan fingerprint density at radius 3 is 2.84 bits per heavy atom.